The standard InChI is InChI=1S/C29H38N4O4S/c1-3-38(35,36)22-4-5-26(24(16-22)25-17-32(2)28(34)27-23(25)6-10-31-27)37-21-14-20(15-21)7-12-33-13-9-29(19-33)8-11-30-18-29/h4-6,10,16-17,20-21,30-31H,3,7-9,11-15,18-19H2,1-2H3. The first kappa shape index (κ1) is 25.6. The fraction of sp³-hybridized carbons (Fsp3) is 0.552. The summed E-state index contributed by atoms with van der Waals surface area (Å²) in [7, 11) is -1.69. The topological polar surface area (TPSA) is 96.4 Å². The Hall–Kier alpha value is -2.62. The van der Waals surface area contributed by atoms with Crippen LogP contribution in [0, 0.1) is 11.3 Å². The Bertz CT molecular complexity index is 1500. The molecule has 204 valence electrons. The molecule has 2 N–H and O–H groups in total. The minimum absolute atomic E-state index is 0.0262. The van der Waals surface area contributed by atoms with E-state index in [4.69, 9.17) is 4.74 Å². The minimum Gasteiger partial charge on any atom is -0.490 e. The van der Waals surface area contributed by atoms with Crippen molar-refractivity contribution in [1.82, 2.24) is 19.8 Å². The van der Waals surface area contributed by atoms with Gasteiger partial charge in [0.2, 0.25) is 0 Å². The second-order valence-corrected chi connectivity index (χ2v) is 13.9. The van der Waals surface area contributed by atoms with Crippen LogP contribution in [0.3, 0.4) is 0 Å². The summed E-state index contributed by atoms with van der Waals surface area (Å²) in [4.78, 5) is 18.6. The summed E-state index contributed by atoms with van der Waals surface area (Å²) in [5, 5.41) is 4.30. The zero-order chi connectivity index (χ0) is 26.5. The van der Waals surface area contributed by atoms with E-state index in [-0.39, 0.29) is 22.3 Å². The van der Waals surface area contributed by atoms with Crippen molar-refractivity contribution in [3.05, 3.63) is 47.0 Å². The first-order valence-electron chi connectivity index (χ1n) is 13.9. The van der Waals surface area contributed by atoms with Crippen LogP contribution in [-0.4, -0.2) is 67.4 Å². The zero-order valence-corrected chi connectivity index (χ0v) is 23.1. The van der Waals surface area contributed by atoms with Gasteiger partial charge in [-0.2, -0.15) is 0 Å². The molecule has 1 atom stereocenters. The van der Waals surface area contributed by atoms with Crippen LogP contribution in [0.4, 0.5) is 0 Å². The number of rotatable bonds is 8. The van der Waals surface area contributed by atoms with E-state index in [1.165, 1.54) is 43.5 Å². The fourth-order valence-corrected chi connectivity index (χ4v) is 7.49. The first-order valence-corrected chi connectivity index (χ1v) is 15.6. The molecule has 4 heterocycles. The highest BCUT2D eigenvalue weighted by Crippen LogP contribution is 2.41. The molecule has 1 aliphatic carbocycles. The van der Waals surface area contributed by atoms with E-state index in [0.717, 1.165) is 36.9 Å². The highest BCUT2D eigenvalue weighted by Gasteiger charge is 2.40. The number of nitrogens with one attached hydrogen (secondary N) is 2. The third-order valence-electron chi connectivity index (χ3n) is 9.06. The van der Waals surface area contributed by atoms with Gasteiger partial charge in [0.25, 0.3) is 5.56 Å². The molecule has 2 aromatic heterocycles. The molecule has 1 spiro atoms. The predicted molar refractivity (Wildman–Crippen MR) is 149 cm³/mol. The van der Waals surface area contributed by atoms with Crippen LogP contribution < -0.4 is 15.6 Å². The van der Waals surface area contributed by atoms with E-state index in [2.05, 4.69) is 15.2 Å². The summed E-state index contributed by atoms with van der Waals surface area (Å²) in [6.07, 6.45) is 9.50. The first-order chi connectivity index (χ1) is 18.3. The van der Waals surface area contributed by atoms with Crippen molar-refractivity contribution < 1.29 is 13.2 Å². The van der Waals surface area contributed by atoms with E-state index in [9.17, 15) is 13.2 Å². The smallest absolute Gasteiger partial charge is 0.274 e. The highest BCUT2D eigenvalue weighted by molar-refractivity contribution is 7.91. The Balaban J connectivity index is 1.18. The third kappa shape index (κ3) is 4.69. The molecule has 3 aromatic rings. The number of hydrogen-bond donors (Lipinski definition) is 2. The summed E-state index contributed by atoms with van der Waals surface area (Å²) in [5.41, 5.74) is 2.39. The number of pyridine rings is 1. The van der Waals surface area contributed by atoms with Gasteiger partial charge >= 0.3 is 0 Å². The molecule has 8 nitrogen and oxygen atoms in total. The van der Waals surface area contributed by atoms with Gasteiger partial charge in [0.1, 0.15) is 11.3 Å². The number of nitrogens with zero attached hydrogens (tertiary/aromatic N) is 2. The Morgan fingerprint density at radius 3 is 2.76 bits per heavy atom. The van der Waals surface area contributed by atoms with E-state index < -0.39 is 9.84 Å². The van der Waals surface area contributed by atoms with Gasteiger partial charge < -0.3 is 24.5 Å². The van der Waals surface area contributed by atoms with Crippen molar-refractivity contribution >= 4 is 20.7 Å². The lowest BCUT2D eigenvalue weighted by atomic mass is 9.80. The Morgan fingerprint density at radius 1 is 1.16 bits per heavy atom. The van der Waals surface area contributed by atoms with Crippen LogP contribution in [0.25, 0.3) is 22.0 Å². The number of sulfone groups is 1. The van der Waals surface area contributed by atoms with Crippen LogP contribution >= 0.6 is 0 Å². The van der Waals surface area contributed by atoms with Gasteiger partial charge in [-0.3, -0.25) is 4.79 Å². The quantitative estimate of drug-likeness (QED) is 0.455. The maximum Gasteiger partial charge on any atom is 0.274 e. The van der Waals surface area contributed by atoms with Gasteiger partial charge in [0, 0.05) is 49.0 Å². The van der Waals surface area contributed by atoms with Crippen molar-refractivity contribution in [3.8, 4) is 16.9 Å². The molecule has 2 saturated heterocycles. The normalized spacial score (nSPS) is 25.8. The van der Waals surface area contributed by atoms with Crippen molar-refractivity contribution in [2.45, 2.75) is 50.0 Å². The summed E-state index contributed by atoms with van der Waals surface area (Å²) < 4.78 is 33.5. The number of aromatic nitrogens is 2. The van der Waals surface area contributed by atoms with Crippen molar-refractivity contribution in [2.24, 2.45) is 18.4 Å². The Morgan fingerprint density at radius 2 is 2.00 bits per heavy atom. The van der Waals surface area contributed by atoms with Gasteiger partial charge in [-0.05, 0) is 87.3 Å². The Labute approximate surface area is 224 Å². The summed E-state index contributed by atoms with van der Waals surface area (Å²) in [6, 6.07) is 7.00. The van der Waals surface area contributed by atoms with Crippen LogP contribution in [0.5, 0.6) is 5.75 Å². The molecule has 0 bridgehead atoms. The lowest BCUT2D eigenvalue weighted by Crippen LogP contribution is -2.36. The average Bonchev–Trinajstić information content (AvgIpc) is 3.65. The maximum atomic E-state index is 12.7. The second-order valence-electron chi connectivity index (χ2n) is 11.6. The molecular formula is C29H38N4O4S. The number of aromatic amines is 1. The number of H-pyrrole nitrogens is 1. The number of likely N-dealkylation sites (tertiary alicyclic amines) is 1. The molecule has 0 radical (unpaired) electrons. The molecule has 0 amide bonds. The highest BCUT2D eigenvalue weighted by atomic mass is 32.2. The molecule has 1 saturated carbocycles. The van der Waals surface area contributed by atoms with Gasteiger partial charge in [-0.15, -0.1) is 0 Å². The molecule has 3 fully saturated rings. The van der Waals surface area contributed by atoms with E-state index >= 15 is 0 Å². The molecule has 1 aromatic carbocycles. The number of aryl methyl sites for hydroxylation is 1. The van der Waals surface area contributed by atoms with E-state index in [1.54, 1.807) is 44.6 Å². The number of ether oxygens (including phenoxy) is 1. The molecule has 9 heteroatoms. The van der Waals surface area contributed by atoms with E-state index in [1.807, 2.05) is 6.07 Å². The van der Waals surface area contributed by atoms with Crippen molar-refractivity contribution in [2.75, 3.05) is 38.5 Å². The fourth-order valence-electron chi connectivity index (χ4n) is 6.58. The molecule has 38 heavy (non-hydrogen) atoms. The van der Waals surface area contributed by atoms with Gasteiger partial charge in [0.15, 0.2) is 9.84 Å². The van der Waals surface area contributed by atoms with Crippen molar-refractivity contribution in [1.29, 1.82) is 0 Å². The number of benzene rings is 1. The summed E-state index contributed by atoms with van der Waals surface area (Å²) >= 11 is 0. The molecule has 6 rings (SSSR count). The van der Waals surface area contributed by atoms with Gasteiger partial charge in [-0.25, -0.2) is 8.42 Å². The molecule has 3 aliphatic rings. The van der Waals surface area contributed by atoms with Crippen LogP contribution in [0.1, 0.15) is 39.0 Å². The minimum atomic E-state index is -3.40. The largest absolute Gasteiger partial charge is 0.490 e. The van der Waals surface area contributed by atoms with Crippen LogP contribution in [0.2, 0.25) is 0 Å². The van der Waals surface area contributed by atoms with Crippen molar-refractivity contribution in [3.63, 3.8) is 0 Å². The monoisotopic (exact) mass is 538 g/mol. The lowest BCUT2D eigenvalue weighted by molar-refractivity contribution is 0.0557. The molecule has 2 aliphatic heterocycles. The maximum absolute atomic E-state index is 12.7. The third-order valence-corrected chi connectivity index (χ3v) is 10.8. The second kappa shape index (κ2) is 9.84. The van der Waals surface area contributed by atoms with Crippen LogP contribution in [-0.2, 0) is 16.9 Å². The van der Waals surface area contributed by atoms with E-state index in [0.29, 0.717) is 28.2 Å². The van der Waals surface area contributed by atoms with Crippen LogP contribution in [0.15, 0.2) is 46.3 Å². The SMILES string of the molecule is CCS(=O)(=O)c1ccc(OC2CC(CCN3CCC4(CCNC4)C3)C2)c(-c2cn(C)c(=O)c3[nH]ccc23)c1. The molecular weight excluding hydrogens is 500 g/mol. The lowest BCUT2D eigenvalue weighted by Gasteiger charge is -2.37. The molecule has 1 unspecified atom stereocenters. The summed E-state index contributed by atoms with van der Waals surface area (Å²) in [6.45, 7) is 7.61. The number of hydrogen-bond acceptors (Lipinski definition) is 6. The predicted octanol–water partition coefficient (Wildman–Crippen LogP) is 3.56. The zero-order valence-electron chi connectivity index (χ0n) is 22.3. The number of fused-ring (bicyclic) bond motifs is 1. The summed E-state index contributed by atoms with van der Waals surface area (Å²) in [5.74, 6) is 1.36. The average molecular weight is 539 g/mol. The van der Waals surface area contributed by atoms with Gasteiger partial charge in [0.05, 0.1) is 16.8 Å². The Kier molecular flexibility index (Phi) is 6.64. The van der Waals surface area contributed by atoms with Gasteiger partial charge in [-0.1, -0.05) is 6.92 Å².